The molecule has 20 heavy (non-hydrogen) atoms. The number of rotatable bonds is 4. The molecule has 0 saturated heterocycles. The van der Waals surface area contributed by atoms with E-state index in [0.717, 1.165) is 16.7 Å². The van der Waals surface area contributed by atoms with Crippen LogP contribution in [0.4, 0.5) is 0 Å². The van der Waals surface area contributed by atoms with Crippen LogP contribution in [0.1, 0.15) is 16.7 Å². The number of carbonyl (C=O) groups is 1. The summed E-state index contributed by atoms with van der Waals surface area (Å²) in [4.78, 5) is 11.0. The molecule has 3 nitrogen and oxygen atoms in total. The Morgan fingerprint density at radius 2 is 1.30 bits per heavy atom. The van der Waals surface area contributed by atoms with Gasteiger partial charge in [0.25, 0.3) is 5.91 Å². The van der Waals surface area contributed by atoms with Gasteiger partial charge in [-0.15, -0.1) is 0 Å². The predicted octanol–water partition coefficient (Wildman–Crippen LogP) is 2.86. The number of hydrogen-bond acceptors (Lipinski definition) is 2. The second-order valence-corrected chi connectivity index (χ2v) is 4.25. The molecule has 2 aromatic carbocycles. The highest BCUT2D eigenvalue weighted by molar-refractivity contribution is 5.91. The predicted molar refractivity (Wildman–Crippen MR) is 83.2 cm³/mol. The zero-order chi connectivity index (χ0) is 14.2. The third-order valence-electron chi connectivity index (χ3n) is 2.77. The Labute approximate surface area is 118 Å². The molecule has 3 heteroatoms. The molecule has 0 atom stereocenters. The monoisotopic (exact) mass is 264 g/mol. The smallest absolute Gasteiger partial charge is 0.257 e. The summed E-state index contributed by atoms with van der Waals surface area (Å²) < 4.78 is 0. The van der Waals surface area contributed by atoms with Gasteiger partial charge in [-0.25, -0.2) is 5.84 Å². The van der Waals surface area contributed by atoms with Gasteiger partial charge in [-0.3, -0.25) is 10.2 Å². The Balaban J connectivity index is 2.03. The third kappa shape index (κ3) is 4.23. The molecule has 0 unspecified atom stereocenters. The minimum Gasteiger partial charge on any atom is -0.291 e. The van der Waals surface area contributed by atoms with Crippen LogP contribution in [0.3, 0.4) is 0 Å². The van der Waals surface area contributed by atoms with E-state index < -0.39 is 0 Å². The highest BCUT2D eigenvalue weighted by Gasteiger charge is 1.91. The SMILES string of the molecule is NNC(=O)C=Cc1ccc(C=Cc2ccccc2)cc1. The number of carbonyl (C=O) groups excluding carboxylic acids is 1. The van der Waals surface area contributed by atoms with Gasteiger partial charge < -0.3 is 0 Å². The standard InChI is InChI=1S/C17H16N2O/c18-19-17(20)13-12-16-10-8-15(9-11-16)7-6-14-4-2-1-3-5-14/h1-13H,18H2,(H,19,20). The van der Waals surface area contributed by atoms with Gasteiger partial charge in [0.2, 0.25) is 0 Å². The van der Waals surface area contributed by atoms with Crippen LogP contribution in [0, 0.1) is 0 Å². The molecule has 0 aliphatic heterocycles. The molecule has 0 fully saturated rings. The zero-order valence-corrected chi connectivity index (χ0v) is 11.0. The van der Waals surface area contributed by atoms with E-state index in [-0.39, 0.29) is 5.91 Å². The number of hydrogen-bond donors (Lipinski definition) is 2. The number of benzene rings is 2. The van der Waals surface area contributed by atoms with Gasteiger partial charge >= 0.3 is 0 Å². The van der Waals surface area contributed by atoms with Gasteiger partial charge in [0.1, 0.15) is 0 Å². The molecule has 0 radical (unpaired) electrons. The van der Waals surface area contributed by atoms with Crippen LogP contribution >= 0.6 is 0 Å². The van der Waals surface area contributed by atoms with E-state index in [0.29, 0.717) is 0 Å². The van der Waals surface area contributed by atoms with Crippen LogP contribution in [0.5, 0.6) is 0 Å². The Bertz CT molecular complexity index is 613. The first-order valence-corrected chi connectivity index (χ1v) is 6.30. The highest BCUT2D eigenvalue weighted by atomic mass is 16.2. The maximum absolute atomic E-state index is 11.0. The second kappa shape index (κ2) is 7.07. The average molecular weight is 264 g/mol. The maximum atomic E-state index is 11.0. The second-order valence-electron chi connectivity index (χ2n) is 4.25. The van der Waals surface area contributed by atoms with Crippen LogP contribution in [-0.4, -0.2) is 5.91 Å². The molecular weight excluding hydrogens is 248 g/mol. The lowest BCUT2D eigenvalue weighted by Crippen LogP contribution is -2.27. The Morgan fingerprint density at radius 3 is 1.85 bits per heavy atom. The molecule has 0 aromatic heterocycles. The van der Waals surface area contributed by atoms with Gasteiger partial charge in [0.15, 0.2) is 0 Å². The summed E-state index contributed by atoms with van der Waals surface area (Å²) in [5.74, 6) is 4.67. The van der Waals surface area contributed by atoms with Gasteiger partial charge in [-0.05, 0) is 22.8 Å². The summed E-state index contributed by atoms with van der Waals surface area (Å²) in [5, 5.41) is 0. The number of hydrazine groups is 1. The van der Waals surface area contributed by atoms with Crippen molar-refractivity contribution in [1.29, 1.82) is 0 Å². The van der Waals surface area contributed by atoms with Gasteiger partial charge in [0.05, 0.1) is 0 Å². The molecule has 0 heterocycles. The molecule has 0 aliphatic rings. The van der Waals surface area contributed by atoms with Gasteiger partial charge in [-0.2, -0.15) is 0 Å². The summed E-state index contributed by atoms with van der Waals surface area (Å²) in [7, 11) is 0. The van der Waals surface area contributed by atoms with Crippen molar-refractivity contribution in [2.75, 3.05) is 0 Å². The summed E-state index contributed by atoms with van der Waals surface area (Å²) in [6, 6.07) is 18.0. The zero-order valence-electron chi connectivity index (χ0n) is 11.0. The lowest BCUT2D eigenvalue weighted by atomic mass is 10.1. The summed E-state index contributed by atoms with van der Waals surface area (Å²) in [6.07, 6.45) is 7.23. The largest absolute Gasteiger partial charge is 0.291 e. The van der Waals surface area contributed by atoms with E-state index in [4.69, 9.17) is 5.84 Å². The van der Waals surface area contributed by atoms with Crippen molar-refractivity contribution in [1.82, 2.24) is 5.43 Å². The van der Waals surface area contributed by atoms with E-state index in [9.17, 15) is 4.79 Å². The number of nitrogens with two attached hydrogens (primary N) is 1. The number of nitrogens with one attached hydrogen (secondary N) is 1. The topological polar surface area (TPSA) is 55.1 Å². The van der Waals surface area contributed by atoms with Crippen LogP contribution < -0.4 is 11.3 Å². The molecule has 1 amide bonds. The quantitative estimate of drug-likeness (QED) is 0.293. The Kier molecular flexibility index (Phi) is 4.87. The summed E-state index contributed by atoms with van der Waals surface area (Å²) >= 11 is 0. The van der Waals surface area contributed by atoms with E-state index in [2.05, 4.69) is 24.3 Å². The summed E-state index contributed by atoms with van der Waals surface area (Å²) in [6.45, 7) is 0. The van der Waals surface area contributed by atoms with Crippen LogP contribution in [0.2, 0.25) is 0 Å². The molecule has 0 spiro atoms. The molecule has 2 rings (SSSR count). The Morgan fingerprint density at radius 1 is 0.800 bits per heavy atom. The van der Waals surface area contributed by atoms with Crippen molar-refractivity contribution in [2.45, 2.75) is 0 Å². The fourth-order valence-electron chi connectivity index (χ4n) is 1.69. The van der Waals surface area contributed by atoms with E-state index >= 15 is 0 Å². The fraction of sp³-hybridized carbons (Fsp3) is 0. The molecule has 3 N–H and O–H groups in total. The third-order valence-corrected chi connectivity index (χ3v) is 2.77. The van der Waals surface area contributed by atoms with Crippen LogP contribution in [-0.2, 0) is 4.79 Å². The summed E-state index contributed by atoms with van der Waals surface area (Å²) in [5.41, 5.74) is 5.27. The van der Waals surface area contributed by atoms with E-state index in [1.807, 2.05) is 47.9 Å². The first-order valence-electron chi connectivity index (χ1n) is 6.30. The molecule has 2 aromatic rings. The lowest BCUT2D eigenvalue weighted by Gasteiger charge is -1.97. The number of amides is 1. The van der Waals surface area contributed by atoms with Crippen molar-refractivity contribution in [3.8, 4) is 0 Å². The molecule has 0 saturated carbocycles. The maximum Gasteiger partial charge on any atom is 0.257 e. The van der Waals surface area contributed by atoms with Crippen molar-refractivity contribution in [2.24, 2.45) is 5.84 Å². The first kappa shape index (κ1) is 13.8. The molecule has 0 aliphatic carbocycles. The van der Waals surface area contributed by atoms with Crippen molar-refractivity contribution >= 4 is 24.1 Å². The van der Waals surface area contributed by atoms with E-state index in [1.165, 1.54) is 6.08 Å². The van der Waals surface area contributed by atoms with Crippen LogP contribution in [0.15, 0.2) is 60.7 Å². The first-order chi connectivity index (χ1) is 9.78. The van der Waals surface area contributed by atoms with Crippen molar-refractivity contribution in [3.05, 3.63) is 77.4 Å². The van der Waals surface area contributed by atoms with Crippen LogP contribution in [0.25, 0.3) is 18.2 Å². The fourth-order valence-corrected chi connectivity index (χ4v) is 1.69. The Hall–Kier alpha value is -2.65. The van der Waals surface area contributed by atoms with Crippen molar-refractivity contribution < 1.29 is 4.79 Å². The molecule has 100 valence electrons. The minimum absolute atomic E-state index is 0.321. The lowest BCUT2D eigenvalue weighted by molar-refractivity contribution is -0.116. The average Bonchev–Trinajstić information content (AvgIpc) is 2.52. The molecular formula is C17H16N2O. The normalized spacial score (nSPS) is 11.1. The minimum atomic E-state index is -0.321. The van der Waals surface area contributed by atoms with Gasteiger partial charge in [-0.1, -0.05) is 66.7 Å². The van der Waals surface area contributed by atoms with Gasteiger partial charge in [0, 0.05) is 6.08 Å². The highest BCUT2D eigenvalue weighted by Crippen LogP contribution is 2.10. The van der Waals surface area contributed by atoms with Crippen molar-refractivity contribution in [3.63, 3.8) is 0 Å². The van der Waals surface area contributed by atoms with E-state index in [1.54, 1.807) is 6.08 Å². The molecule has 0 bridgehead atoms.